The minimum absolute atomic E-state index is 0.0392. The molecule has 3 aliphatic heterocycles. The Morgan fingerprint density at radius 2 is 1.96 bits per heavy atom. The molecule has 0 radical (unpaired) electrons. The lowest BCUT2D eigenvalue weighted by Gasteiger charge is -2.40. The van der Waals surface area contributed by atoms with E-state index in [9.17, 15) is 9.59 Å². The van der Waals surface area contributed by atoms with Crippen LogP contribution in [0.25, 0.3) is 11.0 Å². The standard InChI is InChI=1S/C20H25ClN4O2/c1-12(2)24-16-4-3-15(21)5-17(16)25(19(24)27)18(26)22-10-20-6-13-8-23(11-20)9-14(13)7-20/h3-5,12-14H,6-11H2,1-2H3,(H,22,26)/t13-,14?,20?/m0/s1. The number of nitrogens with zero attached hydrogens (tertiary/aromatic N) is 3. The lowest BCUT2D eigenvalue weighted by molar-refractivity contribution is 0.101. The second-order valence-corrected chi connectivity index (χ2v) is 9.43. The van der Waals surface area contributed by atoms with Gasteiger partial charge in [0.1, 0.15) is 0 Å². The highest BCUT2D eigenvalue weighted by atomic mass is 35.5. The Labute approximate surface area is 163 Å². The van der Waals surface area contributed by atoms with E-state index in [4.69, 9.17) is 11.6 Å². The van der Waals surface area contributed by atoms with E-state index in [0.717, 1.165) is 23.9 Å². The molecule has 1 aromatic heterocycles. The lowest BCUT2D eigenvalue weighted by Crippen LogP contribution is -2.50. The summed E-state index contributed by atoms with van der Waals surface area (Å²) in [5.41, 5.74) is 1.17. The minimum atomic E-state index is -0.348. The molecule has 1 saturated carbocycles. The number of hydrogen-bond donors (Lipinski definition) is 1. The first-order valence-corrected chi connectivity index (χ1v) is 10.2. The first-order valence-electron chi connectivity index (χ1n) is 9.80. The predicted octanol–water partition coefficient (Wildman–Crippen LogP) is 2.94. The van der Waals surface area contributed by atoms with Gasteiger partial charge in [-0.15, -0.1) is 0 Å². The van der Waals surface area contributed by atoms with Crippen LogP contribution in [0, 0.1) is 17.3 Å². The largest absolute Gasteiger partial charge is 0.337 e. The Balaban J connectivity index is 1.45. The summed E-state index contributed by atoms with van der Waals surface area (Å²) < 4.78 is 2.89. The average Bonchev–Trinajstić information content (AvgIpc) is 3.14. The molecule has 4 aliphatic rings. The topological polar surface area (TPSA) is 59.3 Å². The fraction of sp³-hybridized carbons (Fsp3) is 0.600. The monoisotopic (exact) mass is 388 g/mol. The summed E-state index contributed by atoms with van der Waals surface area (Å²) in [4.78, 5) is 28.5. The molecule has 4 fully saturated rings. The van der Waals surface area contributed by atoms with Crippen LogP contribution in [-0.2, 0) is 0 Å². The smallest absolute Gasteiger partial charge is 0.337 e. The lowest BCUT2D eigenvalue weighted by atomic mass is 9.81. The number of fused-ring (bicyclic) bond motifs is 1. The summed E-state index contributed by atoms with van der Waals surface area (Å²) in [6, 6.07) is 4.87. The van der Waals surface area contributed by atoms with Gasteiger partial charge in [-0.05, 0) is 56.7 Å². The van der Waals surface area contributed by atoms with E-state index in [0.29, 0.717) is 17.1 Å². The Hall–Kier alpha value is -1.79. The Bertz CT molecular complexity index is 972. The fourth-order valence-electron chi connectivity index (χ4n) is 5.86. The number of amides is 1. The highest BCUT2D eigenvalue weighted by Crippen LogP contribution is 2.54. The number of hydrogen-bond acceptors (Lipinski definition) is 3. The molecule has 0 spiro atoms. The van der Waals surface area contributed by atoms with Crippen molar-refractivity contribution in [3.63, 3.8) is 0 Å². The van der Waals surface area contributed by atoms with E-state index >= 15 is 0 Å². The van der Waals surface area contributed by atoms with Crippen LogP contribution in [-0.4, -0.2) is 46.2 Å². The van der Waals surface area contributed by atoms with Gasteiger partial charge in [0, 0.05) is 42.7 Å². The molecular weight excluding hydrogens is 364 g/mol. The molecule has 7 heteroatoms. The SMILES string of the molecule is CC(C)n1c(=O)n(C(=O)NCC23CC4CN(C[C@@H]4C2)C3)c2cc(Cl)ccc21. The average molecular weight is 389 g/mol. The van der Waals surface area contributed by atoms with Crippen LogP contribution in [0.15, 0.2) is 23.0 Å². The van der Waals surface area contributed by atoms with Crippen molar-refractivity contribution in [1.82, 2.24) is 19.4 Å². The van der Waals surface area contributed by atoms with E-state index in [-0.39, 0.29) is 23.2 Å². The van der Waals surface area contributed by atoms with Crippen molar-refractivity contribution >= 4 is 28.7 Å². The van der Waals surface area contributed by atoms with Crippen molar-refractivity contribution in [2.45, 2.75) is 32.7 Å². The summed E-state index contributed by atoms with van der Waals surface area (Å²) in [7, 11) is 0. The van der Waals surface area contributed by atoms with Crippen LogP contribution in [0.5, 0.6) is 0 Å². The Kier molecular flexibility index (Phi) is 3.75. The molecule has 6 rings (SSSR count). The molecule has 4 atom stereocenters. The van der Waals surface area contributed by atoms with Gasteiger partial charge < -0.3 is 10.2 Å². The van der Waals surface area contributed by atoms with Gasteiger partial charge in [0.25, 0.3) is 0 Å². The van der Waals surface area contributed by atoms with Gasteiger partial charge in [0.2, 0.25) is 0 Å². The summed E-state index contributed by atoms with van der Waals surface area (Å²) in [5.74, 6) is 1.58. The maximum atomic E-state index is 13.0. The number of halogens is 1. The number of benzene rings is 1. The van der Waals surface area contributed by atoms with Crippen LogP contribution in [0.3, 0.4) is 0 Å². The molecule has 1 N–H and O–H groups in total. The van der Waals surface area contributed by atoms with Crippen LogP contribution < -0.4 is 11.0 Å². The van der Waals surface area contributed by atoms with Gasteiger partial charge in [0.15, 0.2) is 0 Å². The van der Waals surface area contributed by atoms with Crippen molar-refractivity contribution in [2.75, 3.05) is 26.2 Å². The van der Waals surface area contributed by atoms with Crippen LogP contribution in [0.2, 0.25) is 5.02 Å². The number of carbonyl (C=O) groups excluding carboxylic acids is 1. The van der Waals surface area contributed by atoms with Crippen molar-refractivity contribution in [3.05, 3.63) is 33.7 Å². The van der Waals surface area contributed by atoms with Gasteiger partial charge >= 0.3 is 11.7 Å². The van der Waals surface area contributed by atoms with Crippen molar-refractivity contribution in [3.8, 4) is 0 Å². The van der Waals surface area contributed by atoms with Crippen molar-refractivity contribution in [2.24, 2.45) is 17.3 Å². The predicted molar refractivity (Wildman–Crippen MR) is 105 cm³/mol. The molecule has 1 aliphatic carbocycles. The van der Waals surface area contributed by atoms with Crippen LogP contribution in [0.1, 0.15) is 32.7 Å². The molecule has 144 valence electrons. The zero-order chi connectivity index (χ0) is 18.9. The third-order valence-electron chi connectivity index (χ3n) is 6.77. The summed E-state index contributed by atoms with van der Waals surface area (Å²) in [6.07, 6.45) is 2.39. The first kappa shape index (κ1) is 17.3. The quantitative estimate of drug-likeness (QED) is 0.879. The van der Waals surface area contributed by atoms with Crippen LogP contribution >= 0.6 is 11.6 Å². The number of aromatic nitrogens is 2. The molecule has 2 aromatic rings. The normalized spacial score (nSPS) is 31.3. The van der Waals surface area contributed by atoms with E-state index in [1.807, 2.05) is 19.9 Å². The minimum Gasteiger partial charge on any atom is -0.337 e. The maximum absolute atomic E-state index is 13.0. The summed E-state index contributed by atoms with van der Waals surface area (Å²) >= 11 is 6.14. The third-order valence-corrected chi connectivity index (χ3v) is 7.01. The fourth-order valence-corrected chi connectivity index (χ4v) is 6.02. The molecule has 6 nitrogen and oxygen atoms in total. The zero-order valence-corrected chi connectivity index (χ0v) is 16.5. The second-order valence-electron chi connectivity index (χ2n) is 9.00. The number of piperidine rings is 2. The van der Waals surface area contributed by atoms with Gasteiger partial charge in [-0.3, -0.25) is 4.57 Å². The third kappa shape index (κ3) is 2.57. The summed E-state index contributed by atoms with van der Waals surface area (Å²) in [6.45, 7) is 8.03. The Morgan fingerprint density at radius 3 is 2.59 bits per heavy atom. The number of carbonyl (C=O) groups is 1. The van der Waals surface area contributed by atoms with Crippen molar-refractivity contribution in [1.29, 1.82) is 0 Å². The molecule has 4 bridgehead atoms. The summed E-state index contributed by atoms with van der Waals surface area (Å²) in [5, 5.41) is 3.59. The van der Waals surface area contributed by atoms with Gasteiger partial charge in [0.05, 0.1) is 11.0 Å². The number of rotatable bonds is 3. The van der Waals surface area contributed by atoms with Gasteiger partial charge in [-0.1, -0.05) is 11.6 Å². The molecule has 27 heavy (non-hydrogen) atoms. The van der Waals surface area contributed by atoms with E-state index in [2.05, 4.69) is 10.2 Å². The number of imidazole rings is 1. The van der Waals surface area contributed by atoms with Crippen molar-refractivity contribution < 1.29 is 4.79 Å². The first-order chi connectivity index (χ1) is 12.9. The molecule has 1 aromatic carbocycles. The zero-order valence-electron chi connectivity index (χ0n) is 15.7. The van der Waals surface area contributed by atoms with E-state index in [1.54, 1.807) is 16.7 Å². The molecular formula is C20H25ClN4O2. The van der Waals surface area contributed by atoms with Gasteiger partial charge in [-0.25, -0.2) is 14.2 Å². The number of nitrogens with one attached hydrogen (secondary N) is 1. The molecule has 4 heterocycles. The van der Waals surface area contributed by atoms with Crippen LogP contribution in [0.4, 0.5) is 4.79 Å². The van der Waals surface area contributed by atoms with E-state index in [1.165, 1.54) is 30.5 Å². The molecule has 3 unspecified atom stereocenters. The highest BCUT2D eigenvalue weighted by molar-refractivity contribution is 6.31. The van der Waals surface area contributed by atoms with E-state index < -0.39 is 0 Å². The Morgan fingerprint density at radius 1 is 1.26 bits per heavy atom. The molecule has 3 saturated heterocycles. The molecule has 1 amide bonds. The maximum Gasteiger partial charge on any atom is 0.337 e. The highest BCUT2D eigenvalue weighted by Gasteiger charge is 2.55. The van der Waals surface area contributed by atoms with Gasteiger partial charge in [-0.2, -0.15) is 0 Å². The second kappa shape index (κ2) is 5.85.